The summed E-state index contributed by atoms with van der Waals surface area (Å²) in [6.07, 6.45) is 7.66. The van der Waals surface area contributed by atoms with Crippen molar-refractivity contribution in [2.75, 3.05) is 47.1 Å². The number of benzene rings is 1. The molecule has 3 fully saturated rings. The maximum absolute atomic E-state index is 7.80. The number of allylic oxidation sites excluding steroid dienone is 1. The number of likely N-dealkylation sites (N-methyl/N-ethyl adjacent to an activating group) is 1. The molecule has 1 saturated heterocycles. The predicted octanol–water partition coefficient (Wildman–Crippen LogP) is 4.84. The van der Waals surface area contributed by atoms with E-state index in [0.29, 0.717) is 37.6 Å². The highest BCUT2D eigenvalue weighted by molar-refractivity contribution is 8.53. The van der Waals surface area contributed by atoms with E-state index in [1.54, 1.807) is 0 Å². The second-order valence-corrected chi connectivity index (χ2v) is 12.3. The third-order valence-electron chi connectivity index (χ3n) is 8.66. The molecule has 1 aliphatic heterocycles. The van der Waals surface area contributed by atoms with Gasteiger partial charge < -0.3 is 23.3 Å². The first-order chi connectivity index (χ1) is 17.4. The minimum Gasteiger partial charge on any atom is -0.423 e. The lowest BCUT2D eigenvalue weighted by Gasteiger charge is -2.54. The number of aryl methyl sites for hydroxylation is 1. The smallest absolute Gasteiger partial charge is 0.174 e. The van der Waals surface area contributed by atoms with Gasteiger partial charge in [-0.2, -0.15) is 0 Å². The van der Waals surface area contributed by atoms with E-state index in [4.69, 9.17) is 21.0 Å². The fraction of sp³-hybridized carbons (Fsp3) is 0.692. The van der Waals surface area contributed by atoms with Crippen molar-refractivity contribution in [2.45, 2.75) is 50.7 Å². The lowest BCUT2D eigenvalue weighted by molar-refractivity contribution is -0.232. The first kappa shape index (κ1) is 22.6. The van der Waals surface area contributed by atoms with Crippen LogP contribution in [0.5, 0.6) is 5.75 Å². The van der Waals surface area contributed by atoms with Gasteiger partial charge in [-0.25, -0.2) is 0 Å². The Morgan fingerprint density at radius 3 is 3.03 bits per heavy atom. The lowest BCUT2D eigenvalue weighted by Crippen LogP contribution is -2.52. The second kappa shape index (κ2) is 10.4. The molecule has 8 heteroatoms. The van der Waals surface area contributed by atoms with Crippen LogP contribution in [0.3, 0.4) is 0 Å². The van der Waals surface area contributed by atoms with Crippen LogP contribution in [0.25, 0.3) is 0 Å². The van der Waals surface area contributed by atoms with Crippen molar-refractivity contribution >= 4 is 26.8 Å². The van der Waals surface area contributed by atoms with Crippen molar-refractivity contribution in [2.24, 2.45) is 17.3 Å². The summed E-state index contributed by atoms with van der Waals surface area (Å²) in [6.45, 7) is 6.09. The second-order valence-electron chi connectivity index (χ2n) is 10.7. The highest BCUT2D eigenvalue weighted by atomic mass is 32.7. The Morgan fingerprint density at radius 2 is 2.24 bits per heavy atom. The monoisotopic (exact) mass is 505 g/mol. The van der Waals surface area contributed by atoms with Gasteiger partial charge >= 0.3 is 0 Å². The number of ether oxygens (including phenoxy) is 3. The Balaban J connectivity index is 1.43. The summed E-state index contributed by atoms with van der Waals surface area (Å²) in [6, 6.07) is 6.44. The zero-order valence-electron chi connectivity index (χ0n) is 22.6. The predicted molar refractivity (Wildman–Crippen MR) is 142 cm³/mol. The van der Waals surface area contributed by atoms with Gasteiger partial charge in [0.1, 0.15) is 13.3 Å². The number of hydrogen-bond acceptors (Lipinski definition) is 6. The van der Waals surface area contributed by atoms with Crippen LogP contribution in [0.2, 0.25) is 0 Å². The summed E-state index contributed by atoms with van der Waals surface area (Å²) in [5, 5.41) is 0. The van der Waals surface area contributed by atoms with Crippen LogP contribution in [0, 0.1) is 17.3 Å². The van der Waals surface area contributed by atoms with Gasteiger partial charge in [0.15, 0.2) is 5.79 Å². The zero-order chi connectivity index (χ0) is 25.3. The standard InChI is InChI=1S/C26H38BNO4PS/c1-25-17-19(9-12-29-13-11-28(2)3)24-21-7-5-20(32-34-33-27)16-18(21)4-6-22(24)23(25)8-10-26(25)30-14-15-31-26/h5,7,9,16,22-24,27,33H,4,6,8,10-15,17H2,1-3H3/b19-9+/i27T,33D. The topological polar surface area (TPSA) is 40.2 Å². The molecular weight excluding hydrogens is 464 g/mol. The van der Waals surface area contributed by atoms with E-state index < -0.39 is 13.4 Å². The number of fused-ring (bicyclic) bond motifs is 6. The van der Waals surface area contributed by atoms with E-state index in [9.17, 15) is 0 Å². The molecule has 5 atom stereocenters. The molecule has 5 nitrogen and oxygen atoms in total. The largest absolute Gasteiger partial charge is 0.423 e. The van der Waals surface area contributed by atoms with E-state index in [1.807, 2.05) is 6.07 Å². The summed E-state index contributed by atoms with van der Waals surface area (Å²) in [4.78, 5) is 2.15. The molecule has 5 unspecified atom stereocenters. The normalized spacial score (nSPS) is 34.4. The van der Waals surface area contributed by atoms with Crippen molar-refractivity contribution in [1.29, 1.82) is 2.61 Å². The Labute approximate surface area is 214 Å². The van der Waals surface area contributed by atoms with Gasteiger partial charge in [-0.05, 0) is 76.2 Å². The van der Waals surface area contributed by atoms with Gasteiger partial charge in [0.25, 0.3) is 0 Å². The molecule has 5 rings (SSSR count). The molecule has 0 aromatic heterocycles. The Kier molecular flexibility index (Phi) is 6.95. The summed E-state index contributed by atoms with van der Waals surface area (Å²) in [5.41, 5.74) is 4.21. The average Bonchev–Trinajstić information content (AvgIpc) is 3.47. The van der Waals surface area contributed by atoms with E-state index in [0.717, 1.165) is 70.2 Å². The van der Waals surface area contributed by atoms with E-state index >= 15 is 0 Å². The van der Waals surface area contributed by atoms with Gasteiger partial charge in [0.2, 0.25) is 0 Å². The van der Waals surface area contributed by atoms with Gasteiger partial charge in [0.05, 0.1) is 39.4 Å². The van der Waals surface area contributed by atoms with Gasteiger partial charge in [-0.1, -0.05) is 32.2 Å². The van der Waals surface area contributed by atoms with E-state index in [-0.39, 0.29) is 5.41 Å². The average molecular weight is 505 g/mol. The fourth-order valence-electron chi connectivity index (χ4n) is 7.19. The maximum atomic E-state index is 7.80. The Morgan fingerprint density at radius 1 is 1.38 bits per heavy atom. The van der Waals surface area contributed by atoms with Gasteiger partial charge in [-0.3, -0.25) is 0 Å². The molecule has 34 heavy (non-hydrogen) atoms. The molecule has 2 saturated carbocycles. The number of hydrogen-bond donors (Lipinski definition) is 0. The Bertz CT molecular complexity index is 966. The SMILES string of the molecule is [2H]P([B][3H])SOc1ccc2c(c1)CCC1C2/C(=C/COCCN(C)C)CC2(C)C1CCC21OCCO1. The maximum Gasteiger partial charge on any atom is 0.174 e. The summed E-state index contributed by atoms with van der Waals surface area (Å²) in [5.74, 6) is 1.87. The van der Waals surface area contributed by atoms with Crippen LogP contribution < -0.4 is 4.18 Å². The molecule has 0 amide bonds. The fourth-order valence-corrected chi connectivity index (χ4v) is 7.81. The van der Waals surface area contributed by atoms with Crippen molar-refractivity contribution in [3.05, 3.63) is 41.0 Å². The highest BCUT2D eigenvalue weighted by Crippen LogP contribution is 2.67. The van der Waals surface area contributed by atoms with E-state index in [1.165, 1.54) is 16.7 Å². The summed E-state index contributed by atoms with van der Waals surface area (Å²) >= 11 is 1.07. The summed E-state index contributed by atoms with van der Waals surface area (Å²) < 4.78 is 39.6. The van der Waals surface area contributed by atoms with Crippen LogP contribution in [0.4, 0.5) is 0 Å². The molecular formula is C26H38BNO4PS. The van der Waals surface area contributed by atoms with Crippen LogP contribution in [-0.2, 0) is 20.6 Å². The van der Waals surface area contributed by atoms with Crippen LogP contribution in [-0.4, -0.2) is 67.9 Å². The third-order valence-corrected chi connectivity index (χ3v) is 9.50. The molecule has 1 radical (unpaired) electrons. The number of nitrogens with zero attached hydrogens (tertiary/aromatic N) is 1. The molecule has 1 spiro atoms. The zero-order valence-corrected chi connectivity index (χ0v) is 22.3. The van der Waals surface area contributed by atoms with Gasteiger partial charge in [-0.15, -0.1) is 0 Å². The molecule has 0 bridgehead atoms. The molecule has 1 aromatic carbocycles. The quantitative estimate of drug-likeness (QED) is 0.157. The number of rotatable bonds is 9. The third kappa shape index (κ3) is 4.50. The summed E-state index contributed by atoms with van der Waals surface area (Å²) in [7, 11) is 3.96. The van der Waals surface area contributed by atoms with Crippen LogP contribution in [0.1, 0.15) is 49.7 Å². The van der Waals surface area contributed by atoms with Crippen molar-refractivity contribution in [3.63, 3.8) is 0 Å². The lowest BCUT2D eigenvalue weighted by atomic mass is 9.53. The molecule has 3 aliphatic carbocycles. The molecule has 0 N–H and O–H groups in total. The van der Waals surface area contributed by atoms with E-state index in [2.05, 4.69) is 44.1 Å². The van der Waals surface area contributed by atoms with Crippen molar-refractivity contribution in [3.8, 4) is 5.75 Å². The first-order valence-electron chi connectivity index (χ1n) is 13.6. The first-order valence-corrected chi connectivity index (χ1v) is 14.8. The highest BCUT2D eigenvalue weighted by Gasteiger charge is 2.65. The van der Waals surface area contributed by atoms with Crippen molar-refractivity contribution in [1.82, 2.24) is 4.90 Å². The van der Waals surface area contributed by atoms with Crippen molar-refractivity contribution < 1.29 is 18.4 Å². The molecule has 185 valence electrons. The molecule has 4 aliphatic rings. The molecule has 1 aromatic rings. The van der Waals surface area contributed by atoms with Gasteiger partial charge in [0, 0.05) is 24.3 Å². The Hall–Kier alpha value is -0.555. The van der Waals surface area contributed by atoms with Crippen LogP contribution in [0.15, 0.2) is 29.8 Å². The van der Waals surface area contributed by atoms with Crippen LogP contribution >= 0.6 is 19.3 Å². The minimum absolute atomic E-state index is 0.0185. The minimum atomic E-state index is -1.33. The molecule has 1 heterocycles.